The molecule has 0 rings (SSSR count). The molecule has 0 radical (unpaired) electrons. The van der Waals surface area contributed by atoms with Crippen molar-refractivity contribution in [3.63, 3.8) is 0 Å². The fraction of sp³-hybridized carbons (Fsp3) is 0.917. The molecule has 0 aliphatic rings. The standard InChI is InChI=1S/C12H26N2O2/c1-7-9(2)13-11(15)10(3)14(6)8-12(4,5)16/h9-10,16H,7-8H2,1-6H3,(H,13,15). The number of hydrogen-bond donors (Lipinski definition) is 2. The van der Waals surface area contributed by atoms with Gasteiger partial charge in [0.25, 0.3) is 0 Å². The van der Waals surface area contributed by atoms with Crippen LogP contribution >= 0.6 is 0 Å². The fourth-order valence-corrected chi connectivity index (χ4v) is 1.41. The summed E-state index contributed by atoms with van der Waals surface area (Å²) < 4.78 is 0. The lowest BCUT2D eigenvalue weighted by molar-refractivity contribution is -0.126. The van der Waals surface area contributed by atoms with Gasteiger partial charge in [-0.2, -0.15) is 0 Å². The zero-order valence-electron chi connectivity index (χ0n) is 11.4. The molecule has 2 unspecified atom stereocenters. The third kappa shape index (κ3) is 6.08. The maximum absolute atomic E-state index is 11.8. The zero-order chi connectivity index (χ0) is 12.9. The van der Waals surface area contributed by atoms with Crippen molar-refractivity contribution in [1.29, 1.82) is 0 Å². The van der Waals surface area contributed by atoms with Crippen LogP contribution in [0.5, 0.6) is 0 Å². The molecule has 4 heteroatoms. The second-order valence-corrected chi connectivity index (χ2v) is 5.22. The summed E-state index contributed by atoms with van der Waals surface area (Å²) in [7, 11) is 1.85. The predicted molar refractivity (Wildman–Crippen MR) is 66.3 cm³/mol. The van der Waals surface area contributed by atoms with E-state index in [9.17, 15) is 9.90 Å². The molecule has 0 aliphatic heterocycles. The van der Waals surface area contributed by atoms with Crippen LogP contribution in [0.1, 0.15) is 41.0 Å². The third-order valence-electron chi connectivity index (χ3n) is 2.68. The van der Waals surface area contributed by atoms with E-state index in [4.69, 9.17) is 0 Å². The molecule has 0 heterocycles. The average Bonchev–Trinajstić information content (AvgIpc) is 2.13. The van der Waals surface area contributed by atoms with Gasteiger partial charge in [-0.3, -0.25) is 9.69 Å². The highest BCUT2D eigenvalue weighted by molar-refractivity contribution is 5.81. The summed E-state index contributed by atoms with van der Waals surface area (Å²) in [5.41, 5.74) is -0.778. The summed E-state index contributed by atoms with van der Waals surface area (Å²) in [6, 6.07) is -0.0223. The molecule has 1 amide bonds. The molecular formula is C12H26N2O2. The Kier molecular flexibility index (Phi) is 5.97. The van der Waals surface area contributed by atoms with E-state index in [2.05, 4.69) is 5.32 Å². The Hall–Kier alpha value is -0.610. The summed E-state index contributed by atoms with van der Waals surface area (Å²) in [5.74, 6) is 0.0149. The van der Waals surface area contributed by atoms with Crippen LogP contribution in [0.15, 0.2) is 0 Å². The fourth-order valence-electron chi connectivity index (χ4n) is 1.41. The van der Waals surface area contributed by atoms with Gasteiger partial charge in [0.15, 0.2) is 0 Å². The minimum Gasteiger partial charge on any atom is -0.389 e. The molecule has 96 valence electrons. The number of aliphatic hydroxyl groups is 1. The maximum atomic E-state index is 11.8. The van der Waals surface area contributed by atoms with E-state index in [0.29, 0.717) is 6.54 Å². The molecule has 2 atom stereocenters. The van der Waals surface area contributed by atoms with Gasteiger partial charge in [-0.15, -0.1) is 0 Å². The van der Waals surface area contributed by atoms with Crippen LogP contribution in [0.4, 0.5) is 0 Å². The van der Waals surface area contributed by atoms with Crippen molar-refractivity contribution in [3.05, 3.63) is 0 Å². The highest BCUT2D eigenvalue weighted by atomic mass is 16.3. The minimum atomic E-state index is -0.778. The van der Waals surface area contributed by atoms with E-state index in [1.807, 2.05) is 32.7 Å². The van der Waals surface area contributed by atoms with E-state index in [1.54, 1.807) is 13.8 Å². The van der Waals surface area contributed by atoms with Crippen LogP contribution in [-0.4, -0.2) is 47.2 Å². The van der Waals surface area contributed by atoms with E-state index in [0.717, 1.165) is 6.42 Å². The molecule has 0 aromatic heterocycles. The molecule has 0 saturated carbocycles. The smallest absolute Gasteiger partial charge is 0.237 e. The lowest BCUT2D eigenvalue weighted by atomic mass is 10.1. The van der Waals surface area contributed by atoms with Gasteiger partial charge in [0.05, 0.1) is 11.6 Å². The number of hydrogen-bond acceptors (Lipinski definition) is 3. The first-order valence-electron chi connectivity index (χ1n) is 5.90. The zero-order valence-corrected chi connectivity index (χ0v) is 11.4. The average molecular weight is 230 g/mol. The molecule has 0 aromatic rings. The van der Waals surface area contributed by atoms with Gasteiger partial charge in [0.1, 0.15) is 0 Å². The van der Waals surface area contributed by atoms with Crippen LogP contribution in [0.3, 0.4) is 0 Å². The Bertz CT molecular complexity index is 224. The lowest BCUT2D eigenvalue weighted by Crippen LogP contribution is -2.49. The van der Waals surface area contributed by atoms with Gasteiger partial charge in [-0.1, -0.05) is 6.92 Å². The largest absolute Gasteiger partial charge is 0.389 e. The molecule has 0 aromatic carbocycles. The summed E-state index contributed by atoms with van der Waals surface area (Å²) >= 11 is 0. The number of carbonyl (C=O) groups is 1. The SMILES string of the molecule is CCC(C)NC(=O)C(C)N(C)CC(C)(C)O. The first kappa shape index (κ1) is 15.4. The van der Waals surface area contributed by atoms with Gasteiger partial charge in [-0.05, 0) is 41.2 Å². The van der Waals surface area contributed by atoms with Gasteiger partial charge in [-0.25, -0.2) is 0 Å². The van der Waals surface area contributed by atoms with Crippen LogP contribution < -0.4 is 5.32 Å². The molecule has 0 bridgehead atoms. The molecular weight excluding hydrogens is 204 g/mol. The normalized spacial score (nSPS) is 16.0. The Labute approximate surface area is 99.0 Å². The van der Waals surface area contributed by atoms with Crippen molar-refractivity contribution >= 4 is 5.91 Å². The second kappa shape index (κ2) is 6.21. The van der Waals surface area contributed by atoms with Crippen LogP contribution in [-0.2, 0) is 4.79 Å². The Morgan fingerprint density at radius 2 is 1.94 bits per heavy atom. The number of carbonyl (C=O) groups excluding carboxylic acids is 1. The first-order valence-corrected chi connectivity index (χ1v) is 5.90. The van der Waals surface area contributed by atoms with E-state index < -0.39 is 5.60 Å². The lowest BCUT2D eigenvalue weighted by Gasteiger charge is -2.30. The monoisotopic (exact) mass is 230 g/mol. The van der Waals surface area contributed by atoms with Gasteiger partial charge in [0, 0.05) is 12.6 Å². The number of amides is 1. The van der Waals surface area contributed by atoms with Crippen molar-refractivity contribution in [1.82, 2.24) is 10.2 Å². The van der Waals surface area contributed by atoms with Gasteiger partial charge >= 0.3 is 0 Å². The van der Waals surface area contributed by atoms with Crippen molar-refractivity contribution < 1.29 is 9.90 Å². The van der Waals surface area contributed by atoms with Crippen LogP contribution in [0.25, 0.3) is 0 Å². The first-order chi connectivity index (χ1) is 7.17. The van der Waals surface area contributed by atoms with E-state index in [-0.39, 0.29) is 18.0 Å². The number of nitrogens with zero attached hydrogens (tertiary/aromatic N) is 1. The van der Waals surface area contributed by atoms with Gasteiger partial charge < -0.3 is 10.4 Å². The number of rotatable bonds is 6. The quantitative estimate of drug-likeness (QED) is 0.715. The Morgan fingerprint density at radius 1 is 1.44 bits per heavy atom. The van der Waals surface area contributed by atoms with E-state index >= 15 is 0 Å². The van der Waals surface area contributed by atoms with Crippen LogP contribution in [0.2, 0.25) is 0 Å². The molecule has 16 heavy (non-hydrogen) atoms. The highest BCUT2D eigenvalue weighted by Crippen LogP contribution is 2.06. The molecule has 0 fully saturated rings. The molecule has 0 saturated heterocycles. The minimum absolute atomic E-state index is 0.0149. The second-order valence-electron chi connectivity index (χ2n) is 5.22. The van der Waals surface area contributed by atoms with Crippen molar-refractivity contribution in [2.75, 3.05) is 13.6 Å². The topological polar surface area (TPSA) is 52.6 Å². The summed E-state index contributed by atoms with van der Waals surface area (Å²) in [4.78, 5) is 13.7. The van der Waals surface area contributed by atoms with Gasteiger partial charge in [0.2, 0.25) is 5.91 Å². The Morgan fingerprint density at radius 3 is 2.31 bits per heavy atom. The van der Waals surface area contributed by atoms with Crippen molar-refractivity contribution in [2.24, 2.45) is 0 Å². The van der Waals surface area contributed by atoms with Crippen molar-refractivity contribution in [3.8, 4) is 0 Å². The number of likely N-dealkylation sites (N-methyl/N-ethyl adjacent to an activating group) is 1. The summed E-state index contributed by atoms with van der Waals surface area (Å²) in [5, 5.41) is 12.6. The summed E-state index contributed by atoms with van der Waals surface area (Å²) in [6.07, 6.45) is 0.924. The molecule has 2 N–H and O–H groups in total. The Balaban J connectivity index is 4.22. The molecule has 4 nitrogen and oxygen atoms in total. The number of nitrogens with one attached hydrogen (secondary N) is 1. The predicted octanol–water partition coefficient (Wildman–Crippen LogP) is 0.992. The summed E-state index contributed by atoms with van der Waals surface area (Å²) in [6.45, 7) is 9.83. The van der Waals surface area contributed by atoms with E-state index in [1.165, 1.54) is 0 Å². The molecule has 0 aliphatic carbocycles. The van der Waals surface area contributed by atoms with Crippen molar-refractivity contribution in [2.45, 2.75) is 58.7 Å². The maximum Gasteiger partial charge on any atom is 0.237 e. The highest BCUT2D eigenvalue weighted by Gasteiger charge is 2.23. The van der Waals surface area contributed by atoms with Crippen LogP contribution in [0, 0.1) is 0 Å². The third-order valence-corrected chi connectivity index (χ3v) is 2.68. The molecule has 0 spiro atoms.